The summed E-state index contributed by atoms with van der Waals surface area (Å²) in [6.07, 6.45) is 5.87. The van der Waals surface area contributed by atoms with Gasteiger partial charge in [-0.2, -0.15) is 0 Å². The van der Waals surface area contributed by atoms with Crippen LogP contribution in [-0.2, 0) is 4.79 Å². The number of carboxylic acid groups (broad SMARTS) is 1. The number of likely N-dealkylation sites (tertiary alicyclic amines) is 1. The summed E-state index contributed by atoms with van der Waals surface area (Å²) in [6, 6.07) is 5.07. The third kappa shape index (κ3) is 3.49. The van der Waals surface area contributed by atoms with E-state index < -0.39 is 5.97 Å². The lowest BCUT2D eigenvalue weighted by molar-refractivity contribution is -0.128. The molecular weight excluding hydrogens is 334 g/mol. The van der Waals surface area contributed by atoms with Gasteiger partial charge in [-0.05, 0) is 31.0 Å². The average Bonchev–Trinajstić information content (AvgIpc) is 3.43. The molecule has 134 valence electrons. The standard InChI is InChI=1S/C18H19N5O3/c24-16-7-11(10-23(16)13-1-2-13)9-21-18-20-6-4-14(22-18)15-8-12(17(25)26)3-5-19-15/h3-6,8,11,13H,1-2,7,9-10H2,(H,25,26)(H,20,21,22). The van der Waals surface area contributed by atoms with Gasteiger partial charge in [-0.15, -0.1) is 0 Å². The molecule has 2 fully saturated rings. The lowest BCUT2D eigenvalue weighted by Gasteiger charge is -2.15. The summed E-state index contributed by atoms with van der Waals surface area (Å²) in [6.45, 7) is 1.42. The number of aromatic carboxylic acids is 1. The second-order valence-corrected chi connectivity index (χ2v) is 6.73. The number of nitrogens with zero attached hydrogens (tertiary/aromatic N) is 4. The van der Waals surface area contributed by atoms with Crippen LogP contribution < -0.4 is 5.32 Å². The molecule has 1 unspecified atom stereocenters. The number of rotatable bonds is 6. The molecule has 0 aromatic carbocycles. The first-order chi connectivity index (χ1) is 12.6. The largest absolute Gasteiger partial charge is 0.478 e. The smallest absolute Gasteiger partial charge is 0.335 e. The minimum atomic E-state index is -1.01. The van der Waals surface area contributed by atoms with Gasteiger partial charge in [0.15, 0.2) is 0 Å². The molecule has 2 aliphatic rings. The van der Waals surface area contributed by atoms with Crippen LogP contribution in [0.4, 0.5) is 5.95 Å². The van der Waals surface area contributed by atoms with Crippen molar-refractivity contribution in [2.75, 3.05) is 18.4 Å². The summed E-state index contributed by atoms with van der Waals surface area (Å²) in [5, 5.41) is 12.3. The lowest BCUT2D eigenvalue weighted by Crippen LogP contribution is -2.28. The number of carbonyl (C=O) groups is 2. The molecule has 0 spiro atoms. The fraction of sp³-hybridized carbons (Fsp3) is 0.389. The van der Waals surface area contributed by atoms with Crippen LogP contribution in [0, 0.1) is 5.92 Å². The first kappa shape index (κ1) is 16.4. The van der Waals surface area contributed by atoms with Crippen molar-refractivity contribution in [2.24, 2.45) is 5.92 Å². The number of nitrogens with one attached hydrogen (secondary N) is 1. The molecule has 1 aliphatic heterocycles. The van der Waals surface area contributed by atoms with Crippen molar-refractivity contribution in [1.29, 1.82) is 0 Å². The second kappa shape index (κ2) is 6.70. The number of carboxylic acids is 1. The van der Waals surface area contributed by atoms with E-state index >= 15 is 0 Å². The summed E-state index contributed by atoms with van der Waals surface area (Å²) in [7, 11) is 0. The second-order valence-electron chi connectivity index (χ2n) is 6.73. The van der Waals surface area contributed by atoms with E-state index in [1.54, 1.807) is 12.3 Å². The van der Waals surface area contributed by atoms with E-state index in [0.717, 1.165) is 19.4 Å². The van der Waals surface area contributed by atoms with Crippen molar-refractivity contribution in [3.63, 3.8) is 0 Å². The third-order valence-electron chi connectivity index (χ3n) is 4.70. The monoisotopic (exact) mass is 353 g/mol. The summed E-state index contributed by atoms with van der Waals surface area (Å²) >= 11 is 0. The van der Waals surface area contributed by atoms with E-state index in [-0.39, 0.29) is 17.4 Å². The predicted octanol–water partition coefficient (Wildman–Crippen LogP) is 1.66. The SMILES string of the molecule is O=C(O)c1ccnc(-c2ccnc(NCC3CC(=O)N(C4CC4)C3)n2)c1. The maximum absolute atomic E-state index is 12.0. The predicted molar refractivity (Wildman–Crippen MR) is 93.6 cm³/mol. The van der Waals surface area contributed by atoms with Crippen molar-refractivity contribution in [1.82, 2.24) is 19.9 Å². The van der Waals surface area contributed by atoms with Gasteiger partial charge in [0.2, 0.25) is 11.9 Å². The van der Waals surface area contributed by atoms with Gasteiger partial charge < -0.3 is 15.3 Å². The van der Waals surface area contributed by atoms with Crippen LogP contribution >= 0.6 is 0 Å². The molecule has 0 bridgehead atoms. The third-order valence-corrected chi connectivity index (χ3v) is 4.70. The van der Waals surface area contributed by atoms with Gasteiger partial charge in [0.1, 0.15) is 0 Å². The van der Waals surface area contributed by atoms with E-state index in [9.17, 15) is 9.59 Å². The van der Waals surface area contributed by atoms with E-state index in [2.05, 4.69) is 20.3 Å². The quantitative estimate of drug-likeness (QED) is 0.813. The summed E-state index contributed by atoms with van der Waals surface area (Å²) in [5.74, 6) is -0.0676. The molecule has 8 nitrogen and oxygen atoms in total. The Kier molecular flexibility index (Phi) is 4.24. The molecule has 2 aromatic rings. The lowest BCUT2D eigenvalue weighted by atomic mass is 10.1. The van der Waals surface area contributed by atoms with E-state index in [1.165, 1.54) is 18.3 Å². The van der Waals surface area contributed by atoms with Crippen molar-refractivity contribution in [3.05, 3.63) is 36.2 Å². The number of hydrogen-bond acceptors (Lipinski definition) is 6. The highest BCUT2D eigenvalue weighted by molar-refractivity contribution is 5.88. The fourth-order valence-electron chi connectivity index (χ4n) is 3.21. The highest BCUT2D eigenvalue weighted by Crippen LogP contribution is 2.32. The Morgan fingerprint density at radius 1 is 1.23 bits per heavy atom. The van der Waals surface area contributed by atoms with Crippen molar-refractivity contribution in [3.8, 4) is 11.4 Å². The molecule has 1 saturated heterocycles. The molecule has 1 atom stereocenters. The Hall–Kier alpha value is -3.03. The summed E-state index contributed by atoms with van der Waals surface area (Å²) in [5.41, 5.74) is 1.19. The molecular formula is C18H19N5O3. The fourth-order valence-corrected chi connectivity index (χ4v) is 3.21. The van der Waals surface area contributed by atoms with Crippen molar-refractivity contribution < 1.29 is 14.7 Å². The van der Waals surface area contributed by atoms with Gasteiger partial charge in [0, 0.05) is 43.9 Å². The van der Waals surface area contributed by atoms with Gasteiger partial charge in [-0.25, -0.2) is 14.8 Å². The summed E-state index contributed by atoms with van der Waals surface area (Å²) < 4.78 is 0. The first-order valence-corrected chi connectivity index (χ1v) is 8.66. The van der Waals surface area contributed by atoms with Gasteiger partial charge in [-0.3, -0.25) is 9.78 Å². The number of anilines is 1. The zero-order valence-electron chi connectivity index (χ0n) is 14.1. The number of aromatic nitrogens is 3. The minimum Gasteiger partial charge on any atom is -0.478 e. The van der Waals surface area contributed by atoms with Crippen molar-refractivity contribution in [2.45, 2.75) is 25.3 Å². The minimum absolute atomic E-state index is 0.160. The van der Waals surface area contributed by atoms with Crippen LogP contribution in [0.1, 0.15) is 29.6 Å². The number of carbonyl (C=O) groups excluding carboxylic acids is 1. The topological polar surface area (TPSA) is 108 Å². The number of amides is 1. The van der Waals surface area contributed by atoms with Crippen molar-refractivity contribution >= 4 is 17.8 Å². The maximum Gasteiger partial charge on any atom is 0.335 e. The molecule has 1 amide bonds. The molecule has 26 heavy (non-hydrogen) atoms. The normalized spacial score (nSPS) is 19.6. The Morgan fingerprint density at radius 3 is 2.81 bits per heavy atom. The van der Waals surface area contributed by atoms with Crippen LogP contribution in [0.15, 0.2) is 30.6 Å². The van der Waals surface area contributed by atoms with Crippen LogP contribution in [0.3, 0.4) is 0 Å². The Morgan fingerprint density at radius 2 is 2.04 bits per heavy atom. The number of pyridine rings is 1. The Bertz CT molecular complexity index is 852. The zero-order valence-corrected chi connectivity index (χ0v) is 14.1. The van der Waals surface area contributed by atoms with E-state index in [4.69, 9.17) is 5.11 Å². The molecule has 1 aliphatic carbocycles. The maximum atomic E-state index is 12.0. The van der Waals surface area contributed by atoms with Crippen LogP contribution in [0.25, 0.3) is 11.4 Å². The zero-order chi connectivity index (χ0) is 18.1. The Labute approximate surface area is 150 Å². The summed E-state index contributed by atoms with van der Waals surface area (Å²) in [4.78, 5) is 37.9. The first-order valence-electron chi connectivity index (χ1n) is 8.66. The van der Waals surface area contributed by atoms with Gasteiger partial charge >= 0.3 is 5.97 Å². The molecule has 3 heterocycles. The highest BCUT2D eigenvalue weighted by Gasteiger charge is 2.39. The van der Waals surface area contributed by atoms with E-state index in [0.29, 0.717) is 36.3 Å². The van der Waals surface area contributed by atoms with Crippen LogP contribution in [0.5, 0.6) is 0 Å². The van der Waals surface area contributed by atoms with Crippen LogP contribution in [-0.4, -0.2) is 56.0 Å². The van der Waals surface area contributed by atoms with Gasteiger partial charge in [0.25, 0.3) is 0 Å². The molecule has 2 aromatic heterocycles. The van der Waals surface area contributed by atoms with E-state index in [1.807, 2.05) is 4.90 Å². The molecule has 8 heteroatoms. The molecule has 4 rings (SSSR count). The van der Waals surface area contributed by atoms with Gasteiger partial charge in [-0.1, -0.05) is 0 Å². The average molecular weight is 353 g/mol. The molecule has 1 saturated carbocycles. The number of hydrogen-bond donors (Lipinski definition) is 2. The van der Waals surface area contributed by atoms with Gasteiger partial charge in [0.05, 0.1) is 17.0 Å². The Balaban J connectivity index is 1.42. The molecule has 2 N–H and O–H groups in total. The van der Waals surface area contributed by atoms with Crippen LogP contribution in [0.2, 0.25) is 0 Å². The molecule has 0 radical (unpaired) electrons. The highest BCUT2D eigenvalue weighted by atomic mass is 16.4.